The van der Waals surface area contributed by atoms with Crippen molar-refractivity contribution in [1.82, 2.24) is 0 Å². The lowest BCUT2D eigenvalue weighted by Crippen LogP contribution is -2.48. The van der Waals surface area contributed by atoms with Crippen molar-refractivity contribution in [1.29, 1.82) is 0 Å². The van der Waals surface area contributed by atoms with Gasteiger partial charge in [0.15, 0.2) is 6.29 Å². The normalized spacial score (nSPS) is 26.1. The Hall–Kier alpha value is -1.02. The molecule has 0 spiro atoms. The van der Waals surface area contributed by atoms with E-state index in [4.69, 9.17) is 9.47 Å². The van der Waals surface area contributed by atoms with Gasteiger partial charge in [0.1, 0.15) is 11.9 Å². The van der Waals surface area contributed by atoms with Gasteiger partial charge < -0.3 is 29.6 Å². The Labute approximate surface area is 168 Å². The second-order valence-corrected chi connectivity index (χ2v) is 7.98. The van der Waals surface area contributed by atoms with E-state index in [-0.39, 0.29) is 24.4 Å². The lowest BCUT2D eigenvalue weighted by atomic mass is 10.0. The number of hydrogen-bond donors (Lipinski definition) is 2. The van der Waals surface area contributed by atoms with E-state index in [2.05, 4.69) is 0 Å². The largest absolute Gasteiger partial charge is 0.550 e. The predicted octanol–water partition coefficient (Wildman–Crippen LogP) is 1.86. The number of aliphatic carboxylic acids is 1. The summed E-state index contributed by atoms with van der Waals surface area (Å²) in [5.74, 6) is -1.53. The van der Waals surface area contributed by atoms with E-state index in [1.54, 1.807) is 6.92 Å². The molecule has 1 aliphatic heterocycles. The fraction of sp³-hybridized carbons (Fsp3) is 0.905. The Morgan fingerprint density at radius 3 is 2.21 bits per heavy atom. The van der Waals surface area contributed by atoms with Crippen LogP contribution in [-0.4, -0.2) is 52.7 Å². The molecule has 0 bridgehead atoms. The monoisotopic (exact) mass is 401 g/mol. The Morgan fingerprint density at radius 1 is 1.04 bits per heavy atom. The van der Waals surface area contributed by atoms with Crippen LogP contribution in [0.2, 0.25) is 0 Å². The van der Waals surface area contributed by atoms with E-state index in [0.717, 1.165) is 57.8 Å². The summed E-state index contributed by atoms with van der Waals surface area (Å²) in [7, 11) is 0. The number of carbonyl (C=O) groups is 2. The van der Waals surface area contributed by atoms with Gasteiger partial charge in [0.25, 0.3) is 0 Å². The van der Waals surface area contributed by atoms with E-state index in [9.17, 15) is 24.9 Å². The molecule has 0 amide bonds. The summed E-state index contributed by atoms with van der Waals surface area (Å²) in [6.07, 6.45) is 7.04. The lowest BCUT2D eigenvalue weighted by Gasteiger charge is -2.36. The summed E-state index contributed by atoms with van der Waals surface area (Å²) in [5, 5.41) is 29.9. The molecular weight excluding hydrogens is 364 g/mol. The molecule has 0 radical (unpaired) electrons. The van der Waals surface area contributed by atoms with Crippen LogP contribution >= 0.6 is 0 Å². The number of aliphatic hydroxyl groups is 2. The summed E-state index contributed by atoms with van der Waals surface area (Å²) in [4.78, 5) is 21.5. The van der Waals surface area contributed by atoms with Gasteiger partial charge in [0.2, 0.25) is 0 Å². The molecule has 0 saturated carbocycles. The number of carbonyl (C=O) groups excluding carboxylic acids is 2. The van der Waals surface area contributed by atoms with Crippen molar-refractivity contribution in [2.75, 3.05) is 0 Å². The van der Waals surface area contributed by atoms with Gasteiger partial charge in [0.05, 0.1) is 18.3 Å². The Bertz CT molecular complexity index is 454. The fourth-order valence-electron chi connectivity index (χ4n) is 3.43. The summed E-state index contributed by atoms with van der Waals surface area (Å²) >= 11 is 0. The zero-order valence-corrected chi connectivity index (χ0v) is 17.3. The summed E-state index contributed by atoms with van der Waals surface area (Å²) in [5.41, 5.74) is 0. The lowest BCUT2D eigenvalue weighted by molar-refractivity contribution is -0.304. The predicted molar refractivity (Wildman–Crippen MR) is 102 cm³/mol. The molecule has 2 N–H and O–H groups in total. The SMILES string of the molecule is C[C@H](CCCCCCCCCCC(=O)CC(=O)[O-])O[C@@H]1O[C@@H](C)[C@H](O)C[C@H]1O. The standard InChI is InChI=1S/C21H38O7/c1-15(27-21-19(24)14-18(23)16(2)28-21)11-9-7-5-3-4-6-8-10-12-17(22)13-20(25)26/h15-16,18-19,21,23-24H,3-14H2,1-2H3,(H,25,26)/p-1/t15-,16+,18-,19-,21-/m1/s1. The third-order valence-corrected chi connectivity index (χ3v) is 5.21. The van der Waals surface area contributed by atoms with E-state index in [1.807, 2.05) is 6.92 Å². The highest BCUT2D eigenvalue weighted by molar-refractivity contribution is 5.93. The smallest absolute Gasteiger partial charge is 0.184 e. The first-order valence-corrected chi connectivity index (χ1v) is 10.7. The molecule has 7 nitrogen and oxygen atoms in total. The van der Waals surface area contributed by atoms with Gasteiger partial charge in [-0.1, -0.05) is 44.9 Å². The molecule has 164 valence electrons. The fourth-order valence-corrected chi connectivity index (χ4v) is 3.43. The van der Waals surface area contributed by atoms with Crippen LogP contribution in [-0.2, 0) is 19.1 Å². The molecule has 0 aliphatic carbocycles. The minimum Gasteiger partial charge on any atom is -0.550 e. The third kappa shape index (κ3) is 11.1. The Balaban J connectivity index is 1.94. The first kappa shape index (κ1) is 25.0. The first-order chi connectivity index (χ1) is 13.3. The molecule has 5 atom stereocenters. The molecule has 1 saturated heterocycles. The van der Waals surface area contributed by atoms with E-state index >= 15 is 0 Å². The molecule has 1 aliphatic rings. The van der Waals surface area contributed by atoms with Crippen LogP contribution < -0.4 is 5.11 Å². The highest BCUT2D eigenvalue weighted by Crippen LogP contribution is 2.23. The first-order valence-electron chi connectivity index (χ1n) is 10.7. The van der Waals surface area contributed by atoms with Gasteiger partial charge in [-0.05, 0) is 26.7 Å². The van der Waals surface area contributed by atoms with Gasteiger partial charge in [0, 0.05) is 25.2 Å². The van der Waals surface area contributed by atoms with Crippen molar-refractivity contribution in [3.8, 4) is 0 Å². The molecule has 0 unspecified atom stereocenters. The Morgan fingerprint density at radius 2 is 1.61 bits per heavy atom. The van der Waals surface area contributed by atoms with E-state index < -0.39 is 30.9 Å². The zero-order chi connectivity index (χ0) is 20.9. The van der Waals surface area contributed by atoms with Crippen molar-refractivity contribution in [3.63, 3.8) is 0 Å². The van der Waals surface area contributed by atoms with Crippen LogP contribution in [0.5, 0.6) is 0 Å². The minimum atomic E-state index is -1.29. The third-order valence-electron chi connectivity index (χ3n) is 5.21. The number of carboxylic acids is 1. The topological polar surface area (TPSA) is 116 Å². The summed E-state index contributed by atoms with van der Waals surface area (Å²) < 4.78 is 11.3. The number of hydrogen-bond acceptors (Lipinski definition) is 7. The molecule has 1 heterocycles. The van der Waals surface area contributed by atoms with Gasteiger partial charge in [-0.25, -0.2) is 0 Å². The van der Waals surface area contributed by atoms with Crippen LogP contribution in [0.15, 0.2) is 0 Å². The summed E-state index contributed by atoms with van der Waals surface area (Å²) in [6, 6.07) is 0. The molecule has 28 heavy (non-hydrogen) atoms. The molecular formula is C21H37O7-. The van der Waals surface area contributed by atoms with Gasteiger partial charge in [-0.3, -0.25) is 4.79 Å². The van der Waals surface area contributed by atoms with Gasteiger partial charge in [-0.2, -0.15) is 0 Å². The minimum absolute atomic E-state index is 0.000585. The number of Topliss-reactive ketones (excluding diaryl/α,β-unsaturated/α-hetero) is 1. The van der Waals surface area contributed by atoms with Gasteiger partial charge in [-0.15, -0.1) is 0 Å². The van der Waals surface area contributed by atoms with Crippen molar-refractivity contribution < 1.29 is 34.4 Å². The molecule has 1 rings (SSSR count). The quantitative estimate of drug-likeness (QED) is 0.318. The maximum absolute atomic E-state index is 11.2. The zero-order valence-electron chi connectivity index (χ0n) is 17.3. The second kappa shape index (κ2) is 14.0. The summed E-state index contributed by atoms with van der Waals surface area (Å²) in [6.45, 7) is 3.76. The van der Waals surface area contributed by atoms with Crippen LogP contribution in [0.25, 0.3) is 0 Å². The van der Waals surface area contributed by atoms with Crippen molar-refractivity contribution in [2.24, 2.45) is 0 Å². The maximum atomic E-state index is 11.2. The Kier molecular flexibility index (Phi) is 12.5. The van der Waals surface area contributed by atoms with Crippen molar-refractivity contribution >= 4 is 11.8 Å². The number of aliphatic hydroxyl groups excluding tert-OH is 2. The average Bonchev–Trinajstić information content (AvgIpc) is 2.60. The van der Waals surface area contributed by atoms with E-state index in [1.165, 1.54) is 0 Å². The molecule has 1 fully saturated rings. The highest BCUT2D eigenvalue weighted by atomic mass is 16.7. The number of ether oxygens (including phenoxy) is 2. The average molecular weight is 402 g/mol. The number of carboxylic acid groups (broad SMARTS) is 1. The van der Waals surface area contributed by atoms with Crippen molar-refractivity contribution in [3.05, 3.63) is 0 Å². The molecule has 7 heteroatoms. The molecule has 0 aromatic carbocycles. The number of unbranched alkanes of at least 4 members (excludes halogenated alkanes) is 7. The van der Waals surface area contributed by atoms with Gasteiger partial charge >= 0.3 is 0 Å². The van der Waals surface area contributed by atoms with Crippen molar-refractivity contribution in [2.45, 2.75) is 122 Å². The van der Waals surface area contributed by atoms with E-state index in [0.29, 0.717) is 6.42 Å². The van der Waals surface area contributed by atoms with Crippen LogP contribution in [0.3, 0.4) is 0 Å². The molecule has 0 aromatic rings. The second-order valence-electron chi connectivity index (χ2n) is 7.98. The number of ketones is 1. The van der Waals surface area contributed by atoms with Crippen LogP contribution in [0.4, 0.5) is 0 Å². The highest BCUT2D eigenvalue weighted by Gasteiger charge is 2.35. The van der Waals surface area contributed by atoms with Crippen LogP contribution in [0, 0.1) is 0 Å². The number of rotatable bonds is 15. The van der Waals surface area contributed by atoms with Crippen LogP contribution in [0.1, 0.15) is 90.9 Å². The maximum Gasteiger partial charge on any atom is 0.184 e. The molecule has 0 aromatic heterocycles.